The summed E-state index contributed by atoms with van der Waals surface area (Å²) in [7, 11) is 0. The number of para-hydroxylation sites is 1. The molecule has 0 aromatic heterocycles. The number of thioether (sulfide) groups is 2. The zero-order valence-corrected chi connectivity index (χ0v) is 8.57. The van der Waals surface area contributed by atoms with Crippen LogP contribution in [-0.2, 0) is 0 Å². The lowest BCUT2D eigenvalue weighted by atomic mass is 10.2. The van der Waals surface area contributed by atoms with Gasteiger partial charge in [0.2, 0.25) is 0 Å². The van der Waals surface area contributed by atoms with Crippen molar-refractivity contribution < 1.29 is 0 Å². The van der Waals surface area contributed by atoms with Crippen molar-refractivity contribution in [3.05, 3.63) is 46.1 Å². The van der Waals surface area contributed by atoms with E-state index >= 15 is 0 Å². The first-order valence-corrected chi connectivity index (χ1v) is 5.72. The van der Waals surface area contributed by atoms with Crippen LogP contribution in [0.2, 0.25) is 0 Å². The van der Waals surface area contributed by atoms with Crippen molar-refractivity contribution in [2.24, 2.45) is 0 Å². The molecule has 66 valence electrons. The molecule has 0 spiro atoms. The molecule has 1 heterocycles. The first-order valence-electron chi connectivity index (χ1n) is 3.90. The van der Waals surface area contributed by atoms with Crippen LogP contribution in [0.1, 0.15) is 5.56 Å². The van der Waals surface area contributed by atoms with Gasteiger partial charge in [-0.15, -0.1) is 11.8 Å². The van der Waals surface area contributed by atoms with E-state index in [0.717, 1.165) is 11.3 Å². The Kier molecular flexibility index (Phi) is 2.66. The Bertz CT molecular complexity index is 369. The van der Waals surface area contributed by atoms with Crippen LogP contribution in [0.25, 0.3) is 4.91 Å². The second kappa shape index (κ2) is 3.94. The molecule has 0 aliphatic carbocycles. The maximum absolute atomic E-state index is 5.86. The van der Waals surface area contributed by atoms with Gasteiger partial charge in [-0.2, -0.15) is 0 Å². The summed E-state index contributed by atoms with van der Waals surface area (Å²) in [5, 5.41) is 6.26. The summed E-state index contributed by atoms with van der Waals surface area (Å²) in [5.74, 6) is 0. The van der Waals surface area contributed by atoms with Crippen LogP contribution in [0.4, 0.5) is 5.69 Å². The van der Waals surface area contributed by atoms with Crippen LogP contribution in [0.15, 0.2) is 40.5 Å². The van der Waals surface area contributed by atoms with Gasteiger partial charge in [0.25, 0.3) is 0 Å². The third-order valence-corrected chi connectivity index (χ3v) is 3.58. The van der Waals surface area contributed by atoms with Gasteiger partial charge in [-0.05, 0) is 22.3 Å². The second-order valence-corrected chi connectivity index (χ2v) is 4.32. The minimum absolute atomic E-state index is 0.845. The molecule has 0 unspecified atom stereocenters. The van der Waals surface area contributed by atoms with Crippen molar-refractivity contribution in [1.29, 1.82) is 0 Å². The van der Waals surface area contributed by atoms with E-state index < -0.39 is 0 Å². The Hall–Kier alpha value is -0.800. The largest absolute Gasteiger partial charge is 0.398 e. The fraction of sp³-hybridized carbons (Fsp3) is 0. The summed E-state index contributed by atoms with van der Waals surface area (Å²) < 4.78 is 0. The zero-order valence-electron chi connectivity index (χ0n) is 6.94. The summed E-state index contributed by atoms with van der Waals surface area (Å²) >= 11 is 3.40. The van der Waals surface area contributed by atoms with Crippen molar-refractivity contribution in [2.45, 2.75) is 0 Å². The molecule has 0 bridgehead atoms. The lowest BCUT2D eigenvalue weighted by Gasteiger charge is -2.09. The van der Waals surface area contributed by atoms with E-state index in [2.05, 4.69) is 16.2 Å². The second-order valence-electron chi connectivity index (χ2n) is 2.60. The topological polar surface area (TPSA) is 26.0 Å². The highest BCUT2D eigenvalue weighted by Gasteiger charge is 2.05. The van der Waals surface area contributed by atoms with Crippen LogP contribution < -0.4 is 5.73 Å². The van der Waals surface area contributed by atoms with Crippen molar-refractivity contribution in [3.8, 4) is 0 Å². The molecule has 2 N–H and O–H groups in total. The maximum Gasteiger partial charge on any atom is 0.0399 e. The van der Waals surface area contributed by atoms with E-state index in [0.29, 0.717) is 0 Å². The lowest BCUT2D eigenvalue weighted by Crippen LogP contribution is -1.91. The Morgan fingerprint density at radius 2 is 1.92 bits per heavy atom. The van der Waals surface area contributed by atoms with Gasteiger partial charge in [0.1, 0.15) is 0 Å². The summed E-state index contributed by atoms with van der Waals surface area (Å²) in [6, 6.07) is 7.94. The molecule has 0 atom stereocenters. The standard InChI is InChI=1S/C10H9NS2/c11-9-4-2-1-3-8(9)10-7-12-5-6-13-10/h1-7H,11H2. The molecule has 0 saturated carbocycles. The highest BCUT2D eigenvalue weighted by Crippen LogP contribution is 2.37. The van der Waals surface area contributed by atoms with Crippen LogP contribution in [0.5, 0.6) is 0 Å². The minimum atomic E-state index is 0.845. The third-order valence-electron chi connectivity index (χ3n) is 1.73. The van der Waals surface area contributed by atoms with Crippen molar-refractivity contribution in [1.82, 2.24) is 0 Å². The summed E-state index contributed by atoms with van der Waals surface area (Å²) in [4.78, 5) is 1.23. The predicted octanol–water partition coefficient (Wildman–Crippen LogP) is 3.52. The SMILES string of the molecule is Nc1ccccc1C1=CSC=CS1. The number of nitrogens with two attached hydrogens (primary N) is 1. The van der Waals surface area contributed by atoms with Crippen LogP contribution in [0.3, 0.4) is 0 Å². The molecular weight excluding hydrogens is 198 g/mol. The van der Waals surface area contributed by atoms with Crippen LogP contribution in [0, 0.1) is 0 Å². The highest BCUT2D eigenvalue weighted by atomic mass is 32.2. The van der Waals surface area contributed by atoms with Gasteiger partial charge in [-0.25, -0.2) is 0 Å². The molecule has 0 radical (unpaired) electrons. The molecule has 0 saturated heterocycles. The van der Waals surface area contributed by atoms with Gasteiger partial charge in [-0.3, -0.25) is 0 Å². The Labute approximate surface area is 86.1 Å². The van der Waals surface area contributed by atoms with E-state index in [1.54, 1.807) is 23.5 Å². The average molecular weight is 207 g/mol. The van der Waals surface area contributed by atoms with E-state index in [9.17, 15) is 0 Å². The van der Waals surface area contributed by atoms with Gasteiger partial charge in [-0.1, -0.05) is 30.0 Å². The number of rotatable bonds is 1. The fourth-order valence-electron chi connectivity index (χ4n) is 1.11. The van der Waals surface area contributed by atoms with Crippen molar-refractivity contribution in [2.75, 3.05) is 5.73 Å². The van der Waals surface area contributed by atoms with Gasteiger partial charge in [0, 0.05) is 16.2 Å². The number of anilines is 1. The van der Waals surface area contributed by atoms with Gasteiger partial charge in [0.05, 0.1) is 0 Å². The molecule has 1 aromatic rings. The molecule has 1 nitrogen and oxygen atoms in total. The van der Waals surface area contributed by atoms with Crippen LogP contribution >= 0.6 is 23.5 Å². The average Bonchev–Trinajstić information content (AvgIpc) is 2.20. The Morgan fingerprint density at radius 3 is 2.62 bits per heavy atom. The number of benzene rings is 1. The summed E-state index contributed by atoms with van der Waals surface area (Å²) in [6.45, 7) is 0. The molecule has 13 heavy (non-hydrogen) atoms. The smallest absolute Gasteiger partial charge is 0.0399 e. The monoisotopic (exact) mass is 207 g/mol. The predicted molar refractivity (Wildman–Crippen MR) is 63.2 cm³/mol. The minimum Gasteiger partial charge on any atom is -0.398 e. The molecule has 1 aliphatic rings. The fourth-order valence-corrected chi connectivity index (χ4v) is 2.77. The van der Waals surface area contributed by atoms with Gasteiger partial charge >= 0.3 is 0 Å². The normalized spacial score (nSPS) is 15.5. The van der Waals surface area contributed by atoms with Gasteiger partial charge < -0.3 is 5.73 Å². The molecule has 1 aliphatic heterocycles. The van der Waals surface area contributed by atoms with E-state index in [1.807, 2.05) is 24.3 Å². The first kappa shape index (κ1) is 8.78. The number of hydrogen-bond donors (Lipinski definition) is 1. The van der Waals surface area contributed by atoms with Crippen LogP contribution in [-0.4, -0.2) is 0 Å². The summed E-state index contributed by atoms with van der Waals surface area (Å²) in [5.41, 5.74) is 7.84. The quantitative estimate of drug-likeness (QED) is 0.714. The highest BCUT2D eigenvalue weighted by molar-refractivity contribution is 8.15. The lowest BCUT2D eigenvalue weighted by molar-refractivity contribution is 1.64. The molecular formula is C10H9NS2. The zero-order chi connectivity index (χ0) is 9.10. The third kappa shape index (κ3) is 1.92. The van der Waals surface area contributed by atoms with E-state index in [-0.39, 0.29) is 0 Å². The number of hydrogen-bond acceptors (Lipinski definition) is 3. The van der Waals surface area contributed by atoms with E-state index in [1.165, 1.54) is 4.91 Å². The maximum atomic E-state index is 5.86. The van der Waals surface area contributed by atoms with Crippen molar-refractivity contribution in [3.63, 3.8) is 0 Å². The van der Waals surface area contributed by atoms with E-state index in [4.69, 9.17) is 5.73 Å². The van der Waals surface area contributed by atoms with Crippen molar-refractivity contribution >= 4 is 34.1 Å². The Balaban J connectivity index is 2.35. The molecule has 3 heteroatoms. The molecule has 1 aromatic carbocycles. The summed E-state index contributed by atoms with van der Waals surface area (Å²) in [6.07, 6.45) is 0. The first-order chi connectivity index (χ1) is 6.38. The Morgan fingerprint density at radius 1 is 1.08 bits per heavy atom. The molecule has 0 fully saturated rings. The molecule has 2 rings (SSSR count). The van der Waals surface area contributed by atoms with Gasteiger partial charge in [0.15, 0.2) is 0 Å². The molecule has 0 amide bonds. The number of nitrogen functional groups attached to an aromatic ring is 1.